The maximum absolute atomic E-state index is 12.5. The van der Waals surface area contributed by atoms with E-state index in [-0.39, 0.29) is 5.91 Å². The van der Waals surface area contributed by atoms with E-state index in [1.165, 1.54) is 7.11 Å². The lowest BCUT2D eigenvalue weighted by molar-refractivity contribution is -0.142. The smallest absolute Gasteiger partial charge is 0.257 e. The van der Waals surface area contributed by atoms with E-state index in [1.54, 1.807) is 24.5 Å². The maximum Gasteiger partial charge on any atom is 0.257 e. The van der Waals surface area contributed by atoms with E-state index < -0.39 is 11.7 Å². The molecule has 1 aliphatic heterocycles. The zero-order chi connectivity index (χ0) is 18.9. The highest BCUT2D eigenvalue weighted by atomic mass is 16.5. The topological polar surface area (TPSA) is 71.7 Å². The highest BCUT2D eigenvalue weighted by Crippen LogP contribution is 2.42. The van der Waals surface area contributed by atoms with Crippen LogP contribution in [0.25, 0.3) is 12.2 Å². The molecule has 0 saturated carbocycles. The number of rotatable bonds is 4. The Morgan fingerprint density at radius 1 is 1.11 bits per heavy atom. The van der Waals surface area contributed by atoms with E-state index in [0.717, 1.165) is 11.3 Å². The Balaban J connectivity index is 1.84. The number of aliphatic hydroxyl groups is 1. The van der Waals surface area contributed by atoms with Crippen molar-refractivity contribution in [2.45, 2.75) is 11.7 Å². The zero-order valence-corrected chi connectivity index (χ0v) is 14.8. The number of fused-ring (bicyclic) bond motifs is 1. The summed E-state index contributed by atoms with van der Waals surface area (Å²) in [6, 6.07) is 18.3. The molecule has 0 saturated heterocycles. The van der Waals surface area contributed by atoms with E-state index in [1.807, 2.05) is 54.6 Å². The van der Waals surface area contributed by atoms with Gasteiger partial charge in [-0.15, -0.1) is 0 Å². The van der Waals surface area contributed by atoms with E-state index in [4.69, 9.17) is 9.15 Å². The van der Waals surface area contributed by atoms with Crippen LogP contribution < -0.4 is 5.32 Å². The number of hydrogen-bond donors (Lipinski definition) is 2. The molecule has 2 unspecified atom stereocenters. The zero-order valence-electron chi connectivity index (χ0n) is 14.8. The minimum Gasteiger partial charge on any atom is -0.465 e. The van der Waals surface area contributed by atoms with Crippen LogP contribution in [0.1, 0.15) is 22.5 Å². The number of carbonyl (C=O) groups excluding carboxylic acids is 1. The van der Waals surface area contributed by atoms with Crippen LogP contribution in [0.3, 0.4) is 0 Å². The quantitative estimate of drug-likeness (QED) is 0.744. The number of benzene rings is 2. The van der Waals surface area contributed by atoms with Crippen molar-refractivity contribution in [3.05, 3.63) is 89.4 Å². The molecule has 0 fully saturated rings. The largest absolute Gasteiger partial charge is 0.465 e. The molecule has 1 aliphatic rings. The Morgan fingerprint density at radius 3 is 2.63 bits per heavy atom. The summed E-state index contributed by atoms with van der Waals surface area (Å²) < 4.78 is 10.7. The molecule has 5 nitrogen and oxygen atoms in total. The van der Waals surface area contributed by atoms with Gasteiger partial charge in [-0.25, -0.2) is 0 Å². The average molecular weight is 361 g/mol. The van der Waals surface area contributed by atoms with Crippen LogP contribution >= 0.6 is 0 Å². The van der Waals surface area contributed by atoms with E-state index in [0.29, 0.717) is 16.8 Å². The monoisotopic (exact) mass is 361 g/mol. The molecule has 0 radical (unpaired) electrons. The number of amides is 1. The van der Waals surface area contributed by atoms with Crippen LogP contribution in [0, 0.1) is 0 Å². The molecule has 1 amide bonds. The fourth-order valence-corrected chi connectivity index (χ4v) is 3.46. The Bertz CT molecular complexity index is 979. The molecule has 5 heteroatoms. The summed E-state index contributed by atoms with van der Waals surface area (Å²) in [5.41, 5.74) is 1.02. The number of hydrogen-bond acceptors (Lipinski definition) is 4. The molecule has 136 valence electrons. The molecule has 0 spiro atoms. The van der Waals surface area contributed by atoms with Gasteiger partial charge in [-0.2, -0.15) is 0 Å². The maximum atomic E-state index is 12.5. The Hall–Kier alpha value is -3.15. The fraction of sp³-hybridized carbons (Fsp3) is 0.136. The molecule has 27 heavy (non-hydrogen) atoms. The van der Waals surface area contributed by atoms with Crippen molar-refractivity contribution in [1.29, 1.82) is 0 Å². The number of methoxy groups -OCH3 is 1. The summed E-state index contributed by atoms with van der Waals surface area (Å²) in [5.74, 6) is 0.351. The van der Waals surface area contributed by atoms with Gasteiger partial charge >= 0.3 is 0 Å². The van der Waals surface area contributed by atoms with Crippen molar-refractivity contribution in [3.63, 3.8) is 0 Å². The standard InChI is InChI=1S/C22H19NO4/c1-26-20-21(24)23-19-12-10-15(9-11-17-8-5-13-27-17)14-18(19)22(20,25)16-6-3-2-4-7-16/h2-14,20,25H,1H3,(H,23,24)/b11-9+. The van der Waals surface area contributed by atoms with Crippen molar-refractivity contribution < 1.29 is 19.1 Å². The molecule has 2 atom stereocenters. The number of anilines is 1. The van der Waals surface area contributed by atoms with Gasteiger partial charge in [0.2, 0.25) is 0 Å². The molecular weight excluding hydrogens is 342 g/mol. The predicted molar refractivity (Wildman–Crippen MR) is 103 cm³/mol. The van der Waals surface area contributed by atoms with Crippen LogP contribution in [0.2, 0.25) is 0 Å². The third-order valence-corrected chi connectivity index (χ3v) is 4.76. The first-order chi connectivity index (χ1) is 13.1. The van der Waals surface area contributed by atoms with Crippen molar-refractivity contribution in [2.75, 3.05) is 12.4 Å². The number of nitrogens with one attached hydrogen (secondary N) is 1. The van der Waals surface area contributed by atoms with Crippen molar-refractivity contribution in [3.8, 4) is 0 Å². The van der Waals surface area contributed by atoms with Gasteiger partial charge in [0.05, 0.1) is 6.26 Å². The highest BCUT2D eigenvalue weighted by molar-refractivity contribution is 6.00. The molecule has 0 bridgehead atoms. The van der Waals surface area contributed by atoms with Gasteiger partial charge in [0.15, 0.2) is 11.7 Å². The Morgan fingerprint density at radius 2 is 1.93 bits per heavy atom. The van der Waals surface area contributed by atoms with Crippen molar-refractivity contribution in [2.24, 2.45) is 0 Å². The molecule has 0 aliphatic carbocycles. The van der Waals surface area contributed by atoms with Crippen LogP contribution in [0.5, 0.6) is 0 Å². The van der Waals surface area contributed by atoms with Gasteiger partial charge in [-0.05, 0) is 41.5 Å². The van der Waals surface area contributed by atoms with Crippen LogP contribution in [-0.4, -0.2) is 24.2 Å². The lowest BCUT2D eigenvalue weighted by Gasteiger charge is -2.40. The van der Waals surface area contributed by atoms with Crippen molar-refractivity contribution >= 4 is 23.7 Å². The first-order valence-electron chi connectivity index (χ1n) is 8.60. The molecule has 1 aromatic heterocycles. The predicted octanol–water partition coefficient (Wildman–Crippen LogP) is 3.65. The second kappa shape index (κ2) is 6.87. The minimum absolute atomic E-state index is 0.379. The van der Waals surface area contributed by atoms with Crippen LogP contribution in [-0.2, 0) is 15.1 Å². The molecule has 2 N–H and O–H groups in total. The van der Waals surface area contributed by atoms with Crippen LogP contribution in [0.4, 0.5) is 5.69 Å². The number of furan rings is 1. The molecular formula is C22H19NO4. The summed E-state index contributed by atoms with van der Waals surface area (Å²) in [5, 5.41) is 14.5. The third-order valence-electron chi connectivity index (χ3n) is 4.76. The second-order valence-electron chi connectivity index (χ2n) is 6.39. The summed E-state index contributed by atoms with van der Waals surface area (Å²) in [6.07, 6.45) is 4.29. The van der Waals surface area contributed by atoms with Gasteiger partial charge in [-0.1, -0.05) is 42.5 Å². The summed E-state index contributed by atoms with van der Waals surface area (Å²) in [7, 11) is 1.42. The summed E-state index contributed by atoms with van der Waals surface area (Å²) in [6.45, 7) is 0. The number of carbonyl (C=O) groups is 1. The Kier molecular flexibility index (Phi) is 4.39. The van der Waals surface area contributed by atoms with Crippen LogP contribution in [0.15, 0.2) is 71.3 Å². The average Bonchev–Trinajstić information content (AvgIpc) is 3.21. The van der Waals surface area contributed by atoms with Crippen molar-refractivity contribution in [1.82, 2.24) is 0 Å². The lowest BCUT2D eigenvalue weighted by Crippen LogP contribution is -2.52. The molecule has 4 rings (SSSR count). The van der Waals surface area contributed by atoms with Gasteiger partial charge in [0.25, 0.3) is 5.91 Å². The highest BCUT2D eigenvalue weighted by Gasteiger charge is 2.49. The molecule has 2 aromatic carbocycles. The van der Waals surface area contributed by atoms with Gasteiger partial charge in [0, 0.05) is 18.4 Å². The normalized spacial score (nSPS) is 21.9. The number of ether oxygens (including phenoxy) is 1. The van der Waals surface area contributed by atoms with E-state index in [9.17, 15) is 9.90 Å². The first kappa shape index (κ1) is 17.3. The van der Waals surface area contributed by atoms with Gasteiger partial charge in [-0.3, -0.25) is 4.79 Å². The van der Waals surface area contributed by atoms with E-state index >= 15 is 0 Å². The lowest BCUT2D eigenvalue weighted by atomic mass is 9.77. The fourth-order valence-electron chi connectivity index (χ4n) is 3.46. The van der Waals surface area contributed by atoms with Gasteiger partial charge < -0.3 is 19.6 Å². The Labute approximate surface area is 156 Å². The van der Waals surface area contributed by atoms with E-state index in [2.05, 4.69) is 5.32 Å². The minimum atomic E-state index is -1.60. The first-order valence-corrected chi connectivity index (χ1v) is 8.60. The molecule has 3 aromatic rings. The SMILES string of the molecule is COC1C(=O)Nc2ccc(/C=C/c3ccco3)cc2C1(O)c1ccccc1. The second-order valence-corrected chi connectivity index (χ2v) is 6.39. The third kappa shape index (κ3) is 2.97. The van der Waals surface area contributed by atoms with Gasteiger partial charge in [0.1, 0.15) is 5.76 Å². The summed E-state index contributed by atoms with van der Waals surface area (Å²) in [4.78, 5) is 12.5. The molecule has 2 heterocycles. The summed E-state index contributed by atoms with van der Waals surface area (Å²) >= 11 is 0.